The van der Waals surface area contributed by atoms with Crippen LogP contribution in [0.25, 0.3) is 0 Å². The molecule has 24 heavy (non-hydrogen) atoms. The molecule has 0 spiro atoms. The summed E-state index contributed by atoms with van der Waals surface area (Å²) in [7, 11) is -4.02. The molecule has 0 radical (unpaired) electrons. The number of aliphatic hydroxyl groups is 3. The Morgan fingerprint density at radius 3 is 2.33 bits per heavy atom. The highest BCUT2D eigenvalue weighted by Gasteiger charge is 2.26. The van der Waals surface area contributed by atoms with Gasteiger partial charge in [0.2, 0.25) is 10.0 Å². The molecule has 0 aliphatic rings. The third-order valence-corrected chi connectivity index (χ3v) is 5.00. The van der Waals surface area contributed by atoms with Crippen molar-refractivity contribution in [1.82, 2.24) is 9.62 Å². The van der Waals surface area contributed by atoms with E-state index in [0.29, 0.717) is 0 Å². The maximum atomic E-state index is 12.5. The third kappa shape index (κ3) is 5.78. The average molecular weight is 363 g/mol. The maximum Gasteiger partial charge on any atom is 0.269 e. The molecule has 1 unspecified atom stereocenters. The summed E-state index contributed by atoms with van der Waals surface area (Å²) < 4.78 is 26.0. The molecular weight excluding hydrogens is 342 g/mol. The number of non-ortho nitro benzene ring substituents is 1. The van der Waals surface area contributed by atoms with Crippen molar-refractivity contribution in [2.75, 3.05) is 39.4 Å². The van der Waals surface area contributed by atoms with Gasteiger partial charge in [0.25, 0.3) is 5.69 Å². The van der Waals surface area contributed by atoms with Gasteiger partial charge in [-0.15, -0.1) is 0 Å². The number of nitro benzene ring substituents is 1. The van der Waals surface area contributed by atoms with Crippen molar-refractivity contribution >= 4 is 15.7 Å². The van der Waals surface area contributed by atoms with E-state index in [0.717, 1.165) is 28.6 Å². The number of sulfonamides is 1. The first kappa shape index (κ1) is 20.4. The Balaban J connectivity index is 2.89. The average Bonchev–Trinajstić information content (AvgIpc) is 2.54. The number of nitrogens with one attached hydrogen (secondary N) is 1. The van der Waals surface area contributed by atoms with Crippen molar-refractivity contribution in [1.29, 1.82) is 0 Å². The van der Waals surface area contributed by atoms with Crippen LogP contribution in [-0.4, -0.2) is 78.5 Å². The highest BCUT2D eigenvalue weighted by molar-refractivity contribution is 7.89. The summed E-state index contributed by atoms with van der Waals surface area (Å²) in [5.41, 5.74) is -0.240. The van der Waals surface area contributed by atoms with E-state index in [9.17, 15) is 23.6 Å². The number of aliphatic hydroxyl groups excluding tert-OH is 3. The van der Waals surface area contributed by atoms with E-state index in [1.807, 2.05) is 0 Å². The van der Waals surface area contributed by atoms with Crippen molar-refractivity contribution in [2.45, 2.75) is 11.0 Å². The van der Waals surface area contributed by atoms with E-state index in [2.05, 4.69) is 5.32 Å². The molecule has 1 rings (SSSR count). The topological polar surface area (TPSA) is 153 Å². The summed E-state index contributed by atoms with van der Waals surface area (Å²) in [5, 5.41) is 41.0. The molecule has 0 fully saturated rings. The van der Waals surface area contributed by atoms with Crippen LogP contribution in [0.3, 0.4) is 0 Å². The number of hydrogen-bond acceptors (Lipinski definition) is 8. The van der Waals surface area contributed by atoms with Crippen LogP contribution in [0.1, 0.15) is 0 Å². The summed E-state index contributed by atoms with van der Waals surface area (Å²) in [6.07, 6.45) is -1.05. The van der Waals surface area contributed by atoms with E-state index in [1.54, 1.807) is 0 Å². The molecule has 0 aliphatic carbocycles. The summed E-state index contributed by atoms with van der Waals surface area (Å²) >= 11 is 0. The fourth-order valence-corrected chi connectivity index (χ4v) is 3.43. The summed E-state index contributed by atoms with van der Waals surface area (Å²) in [5.74, 6) is 0. The summed E-state index contributed by atoms with van der Waals surface area (Å²) in [4.78, 5) is 9.81. The van der Waals surface area contributed by atoms with Crippen molar-refractivity contribution in [3.05, 3.63) is 34.4 Å². The molecule has 0 aromatic heterocycles. The summed E-state index contributed by atoms with van der Waals surface area (Å²) in [6.45, 7) is -0.726. The Bertz CT molecular complexity index is 621. The van der Waals surface area contributed by atoms with Gasteiger partial charge in [-0.05, 0) is 12.1 Å². The van der Waals surface area contributed by atoms with E-state index >= 15 is 0 Å². The quantitative estimate of drug-likeness (QED) is 0.211. The lowest BCUT2D eigenvalue weighted by Gasteiger charge is -2.24. The van der Waals surface area contributed by atoms with E-state index < -0.39 is 27.7 Å². The predicted octanol–water partition coefficient (Wildman–Crippen LogP) is -1.48. The van der Waals surface area contributed by atoms with Gasteiger partial charge in [0.05, 0.1) is 29.1 Å². The molecular formula is C13H21N3O7S. The van der Waals surface area contributed by atoms with Crippen molar-refractivity contribution in [3.63, 3.8) is 0 Å². The van der Waals surface area contributed by atoms with Crippen LogP contribution >= 0.6 is 0 Å². The van der Waals surface area contributed by atoms with Crippen LogP contribution in [0, 0.1) is 10.1 Å². The molecule has 0 heterocycles. The van der Waals surface area contributed by atoms with Gasteiger partial charge < -0.3 is 20.6 Å². The molecule has 1 aromatic carbocycles. The largest absolute Gasteiger partial charge is 0.395 e. The molecule has 0 saturated carbocycles. The number of hydrogen-bond donors (Lipinski definition) is 4. The molecule has 11 heteroatoms. The Morgan fingerprint density at radius 2 is 1.83 bits per heavy atom. The zero-order valence-corrected chi connectivity index (χ0v) is 13.7. The molecule has 136 valence electrons. The van der Waals surface area contributed by atoms with Gasteiger partial charge in [0, 0.05) is 38.3 Å². The number of nitrogens with zero attached hydrogens (tertiary/aromatic N) is 2. The molecule has 0 saturated heterocycles. The van der Waals surface area contributed by atoms with E-state index in [4.69, 9.17) is 10.2 Å². The van der Waals surface area contributed by atoms with Gasteiger partial charge in [-0.2, -0.15) is 4.31 Å². The van der Waals surface area contributed by atoms with Crippen molar-refractivity contribution < 1.29 is 28.7 Å². The Hall–Kier alpha value is -1.63. The first-order valence-electron chi connectivity index (χ1n) is 7.18. The molecule has 0 amide bonds. The van der Waals surface area contributed by atoms with E-state index in [-0.39, 0.29) is 43.4 Å². The van der Waals surface area contributed by atoms with Crippen LogP contribution in [0.4, 0.5) is 5.69 Å². The highest BCUT2D eigenvalue weighted by Crippen LogP contribution is 2.19. The monoisotopic (exact) mass is 363 g/mol. The van der Waals surface area contributed by atoms with Crippen LogP contribution < -0.4 is 5.32 Å². The number of benzene rings is 1. The lowest BCUT2D eigenvalue weighted by Crippen LogP contribution is -2.43. The Labute approximate surface area is 139 Å². The van der Waals surface area contributed by atoms with Gasteiger partial charge in [0.1, 0.15) is 0 Å². The maximum absolute atomic E-state index is 12.5. The smallest absolute Gasteiger partial charge is 0.269 e. The third-order valence-electron chi connectivity index (χ3n) is 3.12. The number of nitro groups is 1. The first-order chi connectivity index (χ1) is 11.3. The predicted molar refractivity (Wildman–Crippen MR) is 84.9 cm³/mol. The second-order valence-corrected chi connectivity index (χ2v) is 6.86. The summed E-state index contributed by atoms with van der Waals surface area (Å²) in [6, 6.07) is 4.36. The van der Waals surface area contributed by atoms with Gasteiger partial charge in [-0.3, -0.25) is 10.1 Å². The molecule has 0 bridgehead atoms. The normalized spacial score (nSPS) is 13.2. The fourth-order valence-electron chi connectivity index (χ4n) is 1.96. The van der Waals surface area contributed by atoms with Crippen LogP contribution in [0.5, 0.6) is 0 Å². The fraction of sp³-hybridized carbons (Fsp3) is 0.538. The minimum Gasteiger partial charge on any atom is -0.395 e. The molecule has 4 N–H and O–H groups in total. The zero-order chi connectivity index (χ0) is 18.2. The van der Waals surface area contributed by atoms with Gasteiger partial charge in [0.15, 0.2) is 0 Å². The zero-order valence-electron chi connectivity index (χ0n) is 12.9. The van der Waals surface area contributed by atoms with Gasteiger partial charge in [-0.25, -0.2) is 8.42 Å². The SMILES string of the molecule is O=[N+]([O-])c1ccc(S(=O)(=O)N(CCO)CC(O)CNCCO)cc1. The molecule has 1 atom stereocenters. The van der Waals surface area contributed by atoms with Crippen molar-refractivity contribution in [2.24, 2.45) is 0 Å². The van der Waals surface area contributed by atoms with Crippen LogP contribution in [0.2, 0.25) is 0 Å². The lowest BCUT2D eigenvalue weighted by molar-refractivity contribution is -0.384. The molecule has 0 aliphatic heterocycles. The van der Waals surface area contributed by atoms with Crippen LogP contribution in [-0.2, 0) is 10.0 Å². The van der Waals surface area contributed by atoms with Crippen LogP contribution in [0.15, 0.2) is 29.2 Å². The standard InChI is InChI=1S/C13H21N3O7S/c17-7-5-14-9-12(19)10-15(6-8-18)24(22,23)13-3-1-11(2-4-13)16(20)21/h1-4,12,14,17-19H,5-10H2. The van der Waals surface area contributed by atoms with Gasteiger partial charge >= 0.3 is 0 Å². The first-order valence-corrected chi connectivity index (χ1v) is 8.62. The number of rotatable bonds is 11. The Kier molecular flexibility index (Phi) is 8.18. The lowest BCUT2D eigenvalue weighted by atomic mass is 10.3. The highest BCUT2D eigenvalue weighted by atomic mass is 32.2. The van der Waals surface area contributed by atoms with Gasteiger partial charge in [-0.1, -0.05) is 0 Å². The molecule has 1 aromatic rings. The minimum absolute atomic E-state index is 0.0677. The minimum atomic E-state index is -4.02. The van der Waals surface area contributed by atoms with Crippen molar-refractivity contribution in [3.8, 4) is 0 Å². The Morgan fingerprint density at radius 1 is 1.21 bits per heavy atom. The van der Waals surface area contributed by atoms with E-state index in [1.165, 1.54) is 0 Å². The second kappa shape index (κ2) is 9.61. The second-order valence-electron chi connectivity index (χ2n) is 4.92. The molecule has 10 nitrogen and oxygen atoms in total.